The molecule has 5 heteroatoms. The molecule has 1 amide bonds. The van der Waals surface area contributed by atoms with Gasteiger partial charge in [-0.1, -0.05) is 36.4 Å². The van der Waals surface area contributed by atoms with Gasteiger partial charge in [-0.3, -0.25) is 9.59 Å². The Bertz CT molecular complexity index is 856. The van der Waals surface area contributed by atoms with Crippen LogP contribution < -0.4 is 5.32 Å². The molecule has 0 bridgehead atoms. The topological polar surface area (TPSA) is 55.4 Å². The molecule has 1 fully saturated rings. The van der Waals surface area contributed by atoms with E-state index in [0.29, 0.717) is 44.5 Å². The van der Waals surface area contributed by atoms with Gasteiger partial charge in [0.2, 0.25) is 5.91 Å². The van der Waals surface area contributed by atoms with E-state index in [2.05, 4.69) is 5.32 Å². The minimum absolute atomic E-state index is 0.0822. The molecule has 0 radical (unpaired) electrons. The Hall–Kier alpha value is -2.53. The number of fused-ring (bicyclic) bond motifs is 1. The van der Waals surface area contributed by atoms with Crippen molar-refractivity contribution < 1.29 is 18.7 Å². The number of hydrogen-bond donors (Lipinski definition) is 1. The molecule has 1 unspecified atom stereocenters. The van der Waals surface area contributed by atoms with Gasteiger partial charge in [-0.2, -0.15) is 0 Å². The molecule has 1 N–H and O–H groups in total. The second-order valence-corrected chi connectivity index (χ2v) is 7.29. The van der Waals surface area contributed by atoms with Crippen LogP contribution in [0.4, 0.5) is 4.39 Å². The molecule has 1 saturated heterocycles. The standard InChI is InChI=1S/C22H22FNO3/c23-16-7-5-15(6-8-16)22(11-13-27-14-12-22)24-21(26)19-9-10-20(25)18-4-2-1-3-17(18)19/h1-8,19H,9-14H2,(H,24,26). The van der Waals surface area contributed by atoms with E-state index in [1.807, 2.05) is 18.2 Å². The Morgan fingerprint density at radius 3 is 2.52 bits per heavy atom. The monoisotopic (exact) mass is 367 g/mol. The van der Waals surface area contributed by atoms with Crippen LogP contribution in [0.25, 0.3) is 0 Å². The number of ketones is 1. The van der Waals surface area contributed by atoms with Crippen molar-refractivity contribution in [3.63, 3.8) is 0 Å². The highest BCUT2D eigenvalue weighted by atomic mass is 19.1. The third-order valence-electron chi connectivity index (χ3n) is 5.72. The van der Waals surface area contributed by atoms with Gasteiger partial charge in [-0.05, 0) is 42.5 Å². The van der Waals surface area contributed by atoms with Gasteiger partial charge in [0.25, 0.3) is 0 Å². The van der Waals surface area contributed by atoms with Gasteiger partial charge in [0.1, 0.15) is 5.82 Å². The maximum absolute atomic E-state index is 13.4. The molecule has 4 rings (SSSR count). The molecule has 0 aromatic heterocycles. The fourth-order valence-electron chi connectivity index (χ4n) is 4.19. The first-order valence-corrected chi connectivity index (χ1v) is 9.37. The summed E-state index contributed by atoms with van der Waals surface area (Å²) in [5.41, 5.74) is 1.76. The van der Waals surface area contributed by atoms with Crippen LogP contribution in [0.2, 0.25) is 0 Å². The summed E-state index contributed by atoms with van der Waals surface area (Å²) in [4.78, 5) is 25.4. The van der Waals surface area contributed by atoms with Crippen LogP contribution in [0, 0.1) is 5.82 Å². The van der Waals surface area contributed by atoms with Crippen LogP contribution in [0.1, 0.15) is 53.1 Å². The van der Waals surface area contributed by atoms with E-state index in [0.717, 1.165) is 11.1 Å². The second kappa shape index (κ2) is 7.24. The number of amides is 1. The maximum atomic E-state index is 13.4. The molecule has 1 aliphatic heterocycles. The van der Waals surface area contributed by atoms with Crippen LogP contribution in [0.3, 0.4) is 0 Å². The Balaban J connectivity index is 1.64. The van der Waals surface area contributed by atoms with Crippen molar-refractivity contribution in [3.05, 3.63) is 71.0 Å². The predicted octanol–water partition coefficient (Wildman–Crippen LogP) is 3.71. The average Bonchev–Trinajstić information content (AvgIpc) is 2.69. The van der Waals surface area contributed by atoms with E-state index in [1.54, 1.807) is 18.2 Å². The Morgan fingerprint density at radius 1 is 1.07 bits per heavy atom. The number of Topliss-reactive ketones (excluding diaryl/α,β-unsaturated/α-hetero) is 1. The minimum Gasteiger partial charge on any atom is -0.381 e. The van der Waals surface area contributed by atoms with E-state index in [4.69, 9.17) is 4.74 Å². The molecule has 2 aliphatic rings. The second-order valence-electron chi connectivity index (χ2n) is 7.29. The number of hydrogen-bond acceptors (Lipinski definition) is 3. The average molecular weight is 367 g/mol. The highest BCUT2D eigenvalue weighted by molar-refractivity contribution is 6.01. The van der Waals surface area contributed by atoms with Gasteiger partial charge < -0.3 is 10.1 Å². The fourth-order valence-corrected chi connectivity index (χ4v) is 4.19. The number of carbonyl (C=O) groups excluding carboxylic acids is 2. The van der Waals surface area contributed by atoms with E-state index < -0.39 is 5.54 Å². The summed E-state index contributed by atoms with van der Waals surface area (Å²) < 4.78 is 18.9. The summed E-state index contributed by atoms with van der Waals surface area (Å²) in [5, 5.41) is 3.24. The molecule has 27 heavy (non-hydrogen) atoms. The largest absolute Gasteiger partial charge is 0.381 e. The first-order valence-electron chi connectivity index (χ1n) is 9.37. The maximum Gasteiger partial charge on any atom is 0.228 e. The van der Waals surface area contributed by atoms with Gasteiger partial charge in [0, 0.05) is 25.2 Å². The summed E-state index contributed by atoms with van der Waals surface area (Å²) in [6, 6.07) is 13.7. The molecule has 2 aromatic rings. The van der Waals surface area contributed by atoms with Gasteiger partial charge in [-0.25, -0.2) is 4.39 Å². The lowest BCUT2D eigenvalue weighted by Gasteiger charge is -2.40. The van der Waals surface area contributed by atoms with E-state index in [9.17, 15) is 14.0 Å². The molecule has 0 saturated carbocycles. The highest BCUT2D eigenvalue weighted by Gasteiger charge is 2.39. The molecule has 2 aromatic carbocycles. The summed E-state index contributed by atoms with van der Waals surface area (Å²) >= 11 is 0. The van der Waals surface area contributed by atoms with Crippen molar-refractivity contribution in [2.75, 3.05) is 13.2 Å². The van der Waals surface area contributed by atoms with Gasteiger partial charge in [-0.15, -0.1) is 0 Å². The minimum atomic E-state index is -0.570. The third kappa shape index (κ3) is 3.39. The van der Waals surface area contributed by atoms with Crippen molar-refractivity contribution in [2.45, 2.75) is 37.1 Å². The van der Waals surface area contributed by atoms with Crippen molar-refractivity contribution in [1.29, 1.82) is 0 Å². The van der Waals surface area contributed by atoms with Crippen LogP contribution in [0.5, 0.6) is 0 Å². The summed E-state index contributed by atoms with van der Waals surface area (Å²) in [7, 11) is 0. The van der Waals surface area contributed by atoms with E-state index in [1.165, 1.54) is 12.1 Å². The van der Waals surface area contributed by atoms with Crippen molar-refractivity contribution in [2.24, 2.45) is 0 Å². The molecule has 1 aliphatic carbocycles. The fraction of sp³-hybridized carbons (Fsp3) is 0.364. The van der Waals surface area contributed by atoms with E-state index in [-0.39, 0.29) is 23.4 Å². The highest BCUT2D eigenvalue weighted by Crippen LogP contribution is 2.36. The van der Waals surface area contributed by atoms with Gasteiger partial charge in [0.15, 0.2) is 5.78 Å². The Labute approximate surface area is 157 Å². The molecular formula is C22H22FNO3. The van der Waals surface area contributed by atoms with Crippen LogP contribution in [-0.2, 0) is 15.1 Å². The zero-order valence-electron chi connectivity index (χ0n) is 15.0. The molecule has 0 spiro atoms. The zero-order chi connectivity index (χ0) is 18.9. The quantitative estimate of drug-likeness (QED) is 0.900. The van der Waals surface area contributed by atoms with Gasteiger partial charge in [0.05, 0.1) is 11.5 Å². The number of rotatable bonds is 3. The molecule has 140 valence electrons. The van der Waals surface area contributed by atoms with Gasteiger partial charge >= 0.3 is 0 Å². The molecule has 1 atom stereocenters. The molecular weight excluding hydrogens is 345 g/mol. The number of benzene rings is 2. The van der Waals surface area contributed by atoms with Crippen molar-refractivity contribution in [1.82, 2.24) is 5.32 Å². The Morgan fingerprint density at radius 2 is 1.78 bits per heavy atom. The number of ether oxygens (including phenoxy) is 1. The number of carbonyl (C=O) groups is 2. The smallest absolute Gasteiger partial charge is 0.228 e. The van der Waals surface area contributed by atoms with Crippen molar-refractivity contribution >= 4 is 11.7 Å². The first-order chi connectivity index (χ1) is 13.1. The van der Waals surface area contributed by atoms with Crippen LogP contribution in [0.15, 0.2) is 48.5 Å². The lowest BCUT2D eigenvalue weighted by Crippen LogP contribution is -2.51. The summed E-state index contributed by atoms with van der Waals surface area (Å²) in [6.07, 6.45) is 2.16. The zero-order valence-corrected chi connectivity index (χ0v) is 15.0. The lowest BCUT2D eigenvalue weighted by atomic mass is 9.79. The normalized spacial score (nSPS) is 21.4. The Kier molecular flexibility index (Phi) is 4.79. The summed E-state index contributed by atoms with van der Waals surface area (Å²) in [6.45, 7) is 1.08. The van der Waals surface area contributed by atoms with Crippen LogP contribution >= 0.6 is 0 Å². The molecule has 1 heterocycles. The first kappa shape index (κ1) is 17.9. The lowest BCUT2D eigenvalue weighted by molar-refractivity contribution is -0.126. The number of nitrogens with one attached hydrogen (secondary N) is 1. The third-order valence-corrected chi connectivity index (χ3v) is 5.72. The molecule has 4 nitrogen and oxygen atoms in total. The van der Waals surface area contributed by atoms with E-state index >= 15 is 0 Å². The van der Waals surface area contributed by atoms with Crippen LogP contribution in [-0.4, -0.2) is 24.9 Å². The SMILES string of the molecule is O=C1CCC(C(=O)NC2(c3ccc(F)cc3)CCOCC2)c2ccccc21. The predicted molar refractivity (Wildman–Crippen MR) is 99.0 cm³/mol. The number of halogens is 1. The van der Waals surface area contributed by atoms with Crippen molar-refractivity contribution in [3.8, 4) is 0 Å². The summed E-state index contributed by atoms with van der Waals surface area (Å²) in [5.74, 6) is -0.638.